The highest BCUT2D eigenvalue weighted by Gasteiger charge is 2.38. The summed E-state index contributed by atoms with van der Waals surface area (Å²) in [6, 6.07) is 10.00. The lowest BCUT2D eigenvalue weighted by molar-refractivity contribution is -0.274. The molecule has 1 aliphatic carbocycles. The Hall–Kier alpha value is -2.79. The predicted octanol–water partition coefficient (Wildman–Crippen LogP) is 3.28. The molecular formula is C22H23F3N2O5S. The van der Waals surface area contributed by atoms with Crippen LogP contribution in [0.25, 0.3) is 0 Å². The fourth-order valence-electron chi connectivity index (χ4n) is 4.55. The Morgan fingerprint density at radius 3 is 2.39 bits per heavy atom. The fraction of sp³-hybridized carbons (Fsp3) is 0.409. The van der Waals surface area contributed by atoms with Gasteiger partial charge in [-0.3, -0.25) is 4.79 Å². The van der Waals surface area contributed by atoms with E-state index in [0.717, 1.165) is 5.56 Å². The minimum Gasteiger partial charge on any atom is -0.481 e. The molecule has 0 aromatic heterocycles. The average molecular weight is 484 g/mol. The van der Waals surface area contributed by atoms with Crippen LogP contribution >= 0.6 is 0 Å². The Labute approximate surface area is 189 Å². The molecule has 33 heavy (non-hydrogen) atoms. The van der Waals surface area contributed by atoms with Crippen LogP contribution in [0.5, 0.6) is 5.75 Å². The number of anilines is 1. The molecule has 2 aromatic carbocycles. The van der Waals surface area contributed by atoms with Crippen molar-refractivity contribution < 1.29 is 36.2 Å². The standard InChI is InChI=1S/C22H23F3N2O5S/c1-14-13-26(17-5-7-18(8-6-17)32-22(23,24)25)9-10-27(14)33(30,31)20-4-2-3-15-11-16(21(28)29)12-19(15)20/h2-8,14,16H,9-13H2,1H3,(H,28,29)/t14-,16?/m0/s1. The van der Waals surface area contributed by atoms with E-state index in [1.54, 1.807) is 19.1 Å². The molecule has 178 valence electrons. The maximum absolute atomic E-state index is 13.5. The lowest BCUT2D eigenvalue weighted by Gasteiger charge is -2.40. The van der Waals surface area contributed by atoms with Crippen molar-refractivity contribution in [3.8, 4) is 5.75 Å². The SMILES string of the molecule is C[C@H]1CN(c2ccc(OC(F)(F)F)cc2)CCN1S(=O)(=O)c1cccc2c1CC(C(=O)O)C2. The molecule has 1 unspecified atom stereocenters. The Kier molecular flexibility index (Phi) is 6.04. The van der Waals surface area contributed by atoms with Gasteiger partial charge in [-0.05, 0) is 61.2 Å². The summed E-state index contributed by atoms with van der Waals surface area (Å²) < 4.78 is 69.4. The summed E-state index contributed by atoms with van der Waals surface area (Å²) in [6.07, 6.45) is -4.27. The zero-order valence-corrected chi connectivity index (χ0v) is 18.6. The number of fused-ring (bicyclic) bond motifs is 1. The van der Waals surface area contributed by atoms with E-state index in [1.165, 1.54) is 34.6 Å². The van der Waals surface area contributed by atoms with Crippen molar-refractivity contribution in [2.45, 2.75) is 37.1 Å². The third-order valence-electron chi connectivity index (χ3n) is 6.08. The molecule has 2 aliphatic rings. The van der Waals surface area contributed by atoms with Crippen molar-refractivity contribution >= 4 is 21.7 Å². The van der Waals surface area contributed by atoms with Crippen LogP contribution in [0.1, 0.15) is 18.1 Å². The highest BCUT2D eigenvalue weighted by atomic mass is 32.2. The molecule has 1 heterocycles. The predicted molar refractivity (Wildman–Crippen MR) is 114 cm³/mol. The zero-order valence-electron chi connectivity index (χ0n) is 17.7. The average Bonchev–Trinajstić information content (AvgIpc) is 3.17. The van der Waals surface area contributed by atoms with E-state index in [1.807, 2.05) is 4.90 Å². The number of ether oxygens (including phenoxy) is 1. The molecular weight excluding hydrogens is 461 g/mol. The summed E-state index contributed by atoms with van der Waals surface area (Å²) in [7, 11) is -3.85. The number of benzene rings is 2. The quantitative estimate of drug-likeness (QED) is 0.701. The molecule has 1 N–H and O–H groups in total. The van der Waals surface area contributed by atoms with Gasteiger partial charge in [0, 0.05) is 31.4 Å². The third kappa shape index (κ3) is 4.79. The minimum absolute atomic E-state index is 0.151. The first-order valence-electron chi connectivity index (χ1n) is 10.4. The van der Waals surface area contributed by atoms with Crippen LogP contribution in [0.3, 0.4) is 0 Å². The second-order valence-corrected chi connectivity index (χ2v) is 10.1. The first kappa shape index (κ1) is 23.4. The Morgan fingerprint density at radius 1 is 1.09 bits per heavy atom. The van der Waals surface area contributed by atoms with Gasteiger partial charge in [0.1, 0.15) is 5.75 Å². The molecule has 0 amide bonds. The van der Waals surface area contributed by atoms with Crippen LogP contribution in [-0.2, 0) is 27.7 Å². The molecule has 1 aliphatic heterocycles. The Bertz CT molecular complexity index is 1150. The first-order chi connectivity index (χ1) is 15.5. The van der Waals surface area contributed by atoms with Crippen LogP contribution < -0.4 is 9.64 Å². The monoisotopic (exact) mass is 484 g/mol. The second kappa shape index (κ2) is 8.53. The number of aliphatic carboxylic acids is 1. The molecule has 0 spiro atoms. The van der Waals surface area contributed by atoms with Gasteiger partial charge in [0.2, 0.25) is 10.0 Å². The van der Waals surface area contributed by atoms with Gasteiger partial charge in [0.05, 0.1) is 10.8 Å². The lowest BCUT2D eigenvalue weighted by atomic mass is 10.1. The topological polar surface area (TPSA) is 87.2 Å². The van der Waals surface area contributed by atoms with Crippen LogP contribution in [0, 0.1) is 5.92 Å². The summed E-state index contributed by atoms with van der Waals surface area (Å²) >= 11 is 0. The number of carboxylic acids is 1. The zero-order chi connectivity index (χ0) is 24.0. The van der Waals surface area contributed by atoms with E-state index in [-0.39, 0.29) is 23.6 Å². The van der Waals surface area contributed by atoms with Crippen LogP contribution in [0.2, 0.25) is 0 Å². The van der Waals surface area contributed by atoms with Gasteiger partial charge >= 0.3 is 12.3 Å². The number of piperazine rings is 1. The van der Waals surface area contributed by atoms with Crippen molar-refractivity contribution in [2.24, 2.45) is 5.92 Å². The van der Waals surface area contributed by atoms with Crippen molar-refractivity contribution in [3.05, 3.63) is 53.6 Å². The van der Waals surface area contributed by atoms with Crippen molar-refractivity contribution in [1.29, 1.82) is 0 Å². The number of carboxylic acid groups (broad SMARTS) is 1. The van der Waals surface area contributed by atoms with Gasteiger partial charge in [0.25, 0.3) is 0 Å². The van der Waals surface area contributed by atoms with Crippen molar-refractivity contribution in [1.82, 2.24) is 4.31 Å². The number of alkyl halides is 3. The van der Waals surface area contributed by atoms with E-state index >= 15 is 0 Å². The molecule has 2 atom stereocenters. The van der Waals surface area contributed by atoms with E-state index in [0.29, 0.717) is 30.8 Å². The Morgan fingerprint density at radius 2 is 1.79 bits per heavy atom. The number of carbonyl (C=O) groups is 1. The number of halogens is 3. The lowest BCUT2D eigenvalue weighted by Crippen LogP contribution is -2.54. The molecule has 0 bridgehead atoms. The molecule has 0 radical (unpaired) electrons. The molecule has 4 rings (SSSR count). The van der Waals surface area contributed by atoms with E-state index in [9.17, 15) is 31.5 Å². The number of hydrogen-bond donors (Lipinski definition) is 1. The van der Waals surface area contributed by atoms with Gasteiger partial charge in [-0.2, -0.15) is 4.31 Å². The largest absolute Gasteiger partial charge is 0.573 e. The highest BCUT2D eigenvalue weighted by molar-refractivity contribution is 7.89. The summed E-state index contributed by atoms with van der Waals surface area (Å²) in [4.78, 5) is 13.5. The Balaban J connectivity index is 1.50. The van der Waals surface area contributed by atoms with E-state index < -0.39 is 34.3 Å². The van der Waals surface area contributed by atoms with Gasteiger partial charge < -0.3 is 14.7 Å². The summed E-state index contributed by atoms with van der Waals surface area (Å²) in [6.45, 7) is 2.67. The van der Waals surface area contributed by atoms with Crippen molar-refractivity contribution in [2.75, 3.05) is 24.5 Å². The molecule has 2 aromatic rings. The maximum Gasteiger partial charge on any atom is 0.573 e. The van der Waals surface area contributed by atoms with Crippen molar-refractivity contribution in [3.63, 3.8) is 0 Å². The third-order valence-corrected chi connectivity index (χ3v) is 8.18. The summed E-state index contributed by atoms with van der Waals surface area (Å²) in [5.74, 6) is -1.89. The van der Waals surface area contributed by atoms with E-state index in [2.05, 4.69) is 4.74 Å². The molecule has 7 nitrogen and oxygen atoms in total. The molecule has 11 heteroatoms. The van der Waals surface area contributed by atoms with Gasteiger partial charge in [-0.25, -0.2) is 8.42 Å². The van der Waals surface area contributed by atoms with Crippen LogP contribution in [0.4, 0.5) is 18.9 Å². The van der Waals surface area contributed by atoms with Gasteiger partial charge in [-0.15, -0.1) is 13.2 Å². The van der Waals surface area contributed by atoms with Crippen LogP contribution in [-0.4, -0.2) is 55.8 Å². The molecule has 0 saturated carbocycles. The fourth-order valence-corrected chi connectivity index (χ4v) is 6.44. The first-order valence-corrected chi connectivity index (χ1v) is 11.9. The second-order valence-electron chi connectivity index (χ2n) is 8.29. The van der Waals surface area contributed by atoms with E-state index in [4.69, 9.17) is 0 Å². The molecule has 1 saturated heterocycles. The number of rotatable bonds is 5. The normalized spacial score (nSPS) is 21.6. The number of hydrogen-bond acceptors (Lipinski definition) is 5. The summed E-state index contributed by atoms with van der Waals surface area (Å²) in [5.41, 5.74) is 1.98. The maximum atomic E-state index is 13.5. The number of nitrogens with zero attached hydrogens (tertiary/aromatic N) is 2. The smallest absolute Gasteiger partial charge is 0.481 e. The minimum atomic E-state index is -4.77. The molecule has 1 fully saturated rings. The highest BCUT2D eigenvalue weighted by Crippen LogP contribution is 2.35. The summed E-state index contributed by atoms with van der Waals surface area (Å²) in [5, 5.41) is 9.35. The van der Waals surface area contributed by atoms with Crippen LogP contribution in [0.15, 0.2) is 47.4 Å². The number of sulfonamides is 1. The van der Waals surface area contributed by atoms with Gasteiger partial charge in [0.15, 0.2) is 0 Å². The van der Waals surface area contributed by atoms with Gasteiger partial charge in [-0.1, -0.05) is 12.1 Å².